The Morgan fingerprint density at radius 2 is 1.87 bits per heavy atom. The van der Waals surface area contributed by atoms with Crippen LogP contribution in [0.4, 0.5) is 0 Å². The average Bonchev–Trinajstić information content (AvgIpc) is 2.16. The first kappa shape index (κ1) is 12.1. The van der Waals surface area contributed by atoms with E-state index >= 15 is 0 Å². The molecule has 0 aliphatic carbocycles. The smallest absolute Gasteiger partial charge is 0.161 e. The summed E-state index contributed by atoms with van der Waals surface area (Å²) in [4.78, 5) is 0. The van der Waals surface area contributed by atoms with Crippen LogP contribution in [0.3, 0.4) is 0 Å². The van der Waals surface area contributed by atoms with Crippen molar-refractivity contribution in [2.45, 2.75) is 26.6 Å². The van der Waals surface area contributed by atoms with Gasteiger partial charge >= 0.3 is 0 Å². The highest BCUT2D eigenvalue weighted by Gasteiger charge is 2.23. The van der Waals surface area contributed by atoms with Crippen LogP contribution in [-0.4, -0.2) is 21.8 Å². The van der Waals surface area contributed by atoms with Gasteiger partial charge in [0.15, 0.2) is 11.5 Å². The van der Waals surface area contributed by atoms with E-state index in [2.05, 4.69) is 25.7 Å². The molecule has 0 saturated carbocycles. The minimum absolute atomic E-state index is 0.672. The maximum Gasteiger partial charge on any atom is 0.161 e. The molecule has 3 heteroatoms. The van der Waals surface area contributed by atoms with E-state index in [0.717, 1.165) is 11.5 Å². The van der Waals surface area contributed by atoms with Gasteiger partial charge in [0.2, 0.25) is 0 Å². The largest absolute Gasteiger partial charge is 0.493 e. The normalized spacial score (nSPS) is 11.3. The van der Waals surface area contributed by atoms with Gasteiger partial charge < -0.3 is 9.47 Å². The summed E-state index contributed by atoms with van der Waals surface area (Å²) in [7, 11) is 0.346. The van der Waals surface area contributed by atoms with E-state index in [1.165, 1.54) is 5.19 Å². The fourth-order valence-corrected chi connectivity index (χ4v) is 3.09. The number of para-hydroxylation sites is 1. The van der Waals surface area contributed by atoms with Crippen molar-refractivity contribution in [3.63, 3.8) is 0 Å². The van der Waals surface area contributed by atoms with E-state index in [-0.39, 0.29) is 0 Å². The van der Waals surface area contributed by atoms with Gasteiger partial charge in [0.25, 0.3) is 0 Å². The number of rotatable bonds is 4. The van der Waals surface area contributed by atoms with E-state index in [0.29, 0.717) is 6.61 Å². The Morgan fingerprint density at radius 1 is 1.20 bits per heavy atom. The number of benzene rings is 1. The molecule has 0 atom stereocenters. The number of ether oxygens (including phenoxy) is 2. The summed E-state index contributed by atoms with van der Waals surface area (Å²) in [5.41, 5.74) is 0. The van der Waals surface area contributed by atoms with Gasteiger partial charge in [-0.3, -0.25) is 0 Å². The molecule has 0 aliphatic rings. The molecule has 0 bridgehead atoms. The zero-order chi connectivity index (χ0) is 11.5. The molecule has 1 aromatic rings. The molecule has 1 rings (SSSR count). The second kappa shape index (κ2) is 4.70. The van der Waals surface area contributed by atoms with Gasteiger partial charge in [-0.05, 0) is 18.2 Å². The highest BCUT2D eigenvalue weighted by Crippen LogP contribution is 2.26. The molecule has 2 nitrogen and oxygen atoms in total. The van der Waals surface area contributed by atoms with Crippen molar-refractivity contribution in [1.29, 1.82) is 0 Å². The van der Waals surface area contributed by atoms with Crippen molar-refractivity contribution in [2.75, 3.05) is 13.7 Å². The van der Waals surface area contributed by atoms with Crippen molar-refractivity contribution in [3.8, 4) is 11.5 Å². The lowest BCUT2D eigenvalue weighted by atomic mass is 10.3. The first-order valence-corrected chi connectivity index (χ1v) is 8.81. The molecule has 0 amide bonds. The van der Waals surface area contributed by atoms with E-state index in [1.807, 2.05) is 19.1 Å². The van der Waals surface area contributed by atoms with Crippen molar-refractivity contribution < 1.29 is 9.47 Å². The fraction of sp³-hybridized carbons (Fsp3) is 0.500. The number of hydrogen-bond acceptors (Lipinski definition) is 2. The lowest BCUT2D eigenvalue weighted by Gasteiger charge is -2.21. The van der Waals surface area contributed by atoms with Gasteiger partial charge in [0.1, 0.15) is 0 Å². The predicted octanol–water partition coefficient (Wildman–Crippen LogP) is 2.64. The van der Waals surface area contributed by atoms with Crippen LogP contribution in [0, 0.1) is 0 Å². The predicted molar refractivity (Wildman–Crippen MR) is 67.1 cm³/mol. The SMILES string of the molecule is CCOc1cccc([Si](C)(C)C)c1OC. The van der Waals surface area contributed by atoms with Crippen LogP contribution in [-0.2, 0) is 0 Å². The molecule has 0 N–H and O–H groups in total. The summed E-state index contributed by atoms with van der Waals surface area (Å²) in [5.74, 6) is 1.78. The van der Waals surface area contributed by atoms with Gasteiger partial charge in [-0.15, -0.1) is 0 Å². The fourth-order valence-electron chi connectivity index (χ4n) is 1.59. The summed E-state index contributed by atoms with van der Waals surface area (Å²) < 4.78 is 11.0. The maximum absolute atomic E-state index is 5.56. The number of hydrogen-bond donors (Lipinski definition) is 0. The average molecular weight is 224 g/mol. The molecule has 0 aromatic heterocycles. The van der Waals surface area contributed by atoms with Gasteiger partial charge in [0, 0.05) is 0 Å². The Kier molecular flexibility index (Phi) is 3.80. The standard InChI is InChI=1S/C12H20O2Si/c1-6-14-10-8-7-9-11(12(10)13-2)15(3,4)5/h7-9H,6H2,1-5H3. The molecule has 0 fully saturated rings. The van der Waals surface area contributed by atoms with E-state index < -0.39 is 8.07 Å². The molecule has 0 aliphatic heterocycles. The molecule has 15 heavy (non-hydrogen) atoms. The monoisotopic (exact) mass is 224 g/mol. The highest BCUT2D eigenvalue weighted by atomic mass is 28.3. The van der Waals surface area contributed by atoms with Crippen molar-refractivity contribution >= 4 is 13.3 Å². The van der Waals surface area contributed by atoms with Gasteiger partial charge in [-0.25, -0.2) is 0 Å². The van der Waals surface area contributed by atoms with Gasteiger partial charge in [0.05, 0.1) is 21.8 Å². The van der Waals surface area contributed by atoms with E-state index in [4.69, 9.17) is 9.47 Å². The quantitative estimate of drug-likeness (QED) is 0.732. The molecule has 1 aromatic carbocycles. The van der Waals surface area contributed by atoms with Crippen molar-refractivity contribution in [2.24, 2.45) is 0 Å². The third-order valence-corrected chi connectivity index (χ3v) is 4.30. The summed E-state index contributed by atoms with van der Waals surface area (Å²) >= 11 is 0. The molecule has 0 spiro atoms. The van der Waals surface area contributed by atoms with Crippen LogP contribution < -0.4 is 14.7 Å². The lowest BCUT2D eigenvalue weighted by molar-refractivity contribution is 0.312. The zero-order valence-electron chi connectivity index (χ0n) is 10.3. The first-order valence-electron chi connectivity index (χ1n) is 5.31. The van der Waals surface area contributed by atoms with Crippen LogP contribution in [0.25, 0.3) is 0 Å². The van der Waals surface area contributed by atoms with Crippen LogP contribution in [0.1, 0.15) is 6.92 Å². The molecule has 84 valence electrons. The highest BCUT2D eigenvalue weighted by molar-refractivity contribution is 6.89. The number of methoxy groups -OCH3 is 1. The first-order chi connectivity index (χ1) is 7.00. The maximum atomic E-state index is 5.56. The summed E-state index contributed by atoms with van der Waals surface area (Å²) in [5, 5.41) is 1.32. The third-order valence-electron chi connectivity index (χ3n) is 2.29. The Balaban J connectivity index is 3.22. The van der Waals surface area contributed by atoms with Crippen LogP contribution >= 0.6 is 0 Å². The Morgan fingerprint density at radius 3 is 2.33 bits per heavy atom. The molecule has 0 saturated heterocycles. The van der Waals surface area contributed by atoms with Crippen molar-refractivity contribution in [1.82, 2.24) is 0 Å². The molecule has 0 radical (unpaired) electrons. The molecule has 0 unspecified atom stereocenters. The Labute approximate surface area is 93.2 Å². The zero-order valence-corrected chi connectivity index (χ0v) is 11.3. The van der Waals surface area contributed by atoms with E-state index in [9.17, 15) is 0 Å². The minimum atomic E-state index is -1.36. The Hall–Kier alpha value is -0.963. The van der Waals surface area contributed by atoms with Crippen LogP contribution in [0.5, 0.6) is 11.5 Å². The topological polar surface area (TPSA) is 18.5 Å². The van der Waals surface area contributed by atoms with E-state index in [1.54, 1.807) is 7.11 Å². The summed E-state index contributed by atoms with van der Waals surface area (Å²) in [6.45, 7) is 9.58. The Bertz CT molecular complexity index is 329. The van der Waals surface area contributed by atoms with Crippen molar-refractivity contribution in [3.05, 3.63) is 18.2 Å². The minimum Gasteiger partial charge on any atom is -0.493 e. The second-order valence-corrected chi connectivity index (χ2v) is 9.56. The lowest BCUT2D eigenvalue weighted by Crippen LogP contribution is -2.38. The molecular formula is C12H20O2Si. The van der Waals surface area contributed by atoms with Gasteiger partial charge in [-0.2, -0.15) is 0 Å². The molecular weight excluding hydrogens is 204 g/mol. The summed E-state index contributed by atoms with van der Waals surface area (Å²) in [6.07, 6.45) is 0. The molecule has 0 heterocycles. The van der Waals surface area contributed by atoms with Crippen LogP contribution in [0.2, 0.25) is 19.6 Å². The van der Waals surface area contributed by atoms with Gasteiger partial charge in [-0.1, -0.05) is 31.8 Å². The second-order valence-electron chi connectivity index (χ2n) is 4.52. The third kappa shape index (κ3) is 2.75. The summed E-state index contributed by atoms with van der Waals surface area (Å²) in [6, 6.07) is 6.15. The van der Waals surface area contributed by atoms with Crippen LogP contribution in [0.15, 0.2) is 18.2 Å².